The van der Waals surface area contributed by atoms with E-state index in [-0.39, 0.29) is 5.91 Å². The second kappa shape index (κ2) is 12.4. The summed E-state index contributed by atoms with van der Waals surface area (Å²) in [5.41, 5.74) is 5.75. The fraction of sp³-hybridized carbons (Fsp3) is 0.355. The Morgan fingerprint density at radius 3 is 2.58 bits per heavy atom. The Hall–Kier alpha value is -3.60. The Balaban J connectivity index is 1.33. The molecule has 0 bridgehead atoms. The number of aromatic nitrogens is 2. The number of carbonyl (C=O) groups excluding carboxylic acids is 1. The first-order valence-electron chi connectivity index (χ1n) is 13.0. The maximum atomic E-state index is 12.3. The molecule has 36 heavy (non-hydrogen) atoms. The van der Waals surface area contributed by atoms with E-state index in [1.165, 1.54) is 16.7 Å². The number of carbonyl (C=O) groups is 1. The number of fused-ring (bicyclic) bond motifs is 1. The van der Waals surface area contributed by atoms with Crippen LogP contribution in [0.5, 0.6) is 5.75 Å². The second-order valence-corrected chi connectivity index (χ2v) is 9.65. The lowest BCUT2D eigenvalue weighted by atomic mass is 10.0. The van der Waals surface area contributed by atoms with Crippen LogP contribution in [-0.2, 0) is 24.2 Å². The van der Waals surface area contributed by atoms with Gasteiger partial charge in [-0.15, -0.1) is 0 Å². The van der Waals surface area contributed by atoms with Gasteiger partial charge in [0.2, 0.25) is 5.91 Å². The van der Waals surface area contributed by atoms with Crippen LogP contribution in [0.4, 0.5) is 0 Å². The number of para-hydroxylation sites is 2. The predicted molar refractivity (Wildman–Crippen MR) is 147 cm³/mol. The highest BCUT2D eigenvalue weighted by Crippen LogP contribution is 2.27. The number of nitrogens with zero attached hydrogens (tertiary/aromatic N) is 2. The number of hydrogen-bond donors (Lipinski definition) is 1. The highest BCUT2D eigenvalue weighted by molar-refractivity contribution is 5.76. The molecular weight excluding hydrogens is 446 g/mol. The quantitative estimate of drug-likeness (QED) is 0.243. The first kappa shape index (κ1) is 25.5. The van der Waals surface area contributed by atoms with Gasteiger partial charge in [-0.25, -0.2) is 4.98 Å². The van der Waals surface area contributed by atoms with E-state index < -0.39 is 0 Å². The third kappa shape index (κ3) is 6.75. The molecule has 0 unspecified atom stereocenters. The van der Waals surface area contributed by atoms with Gasteiger partial charge in [0.15, 0.2) is 0 Å². The number of hydrogen-bond acceptors (Lipinski definition) is 3. The van der Waals surface area contributed by atoms with Crippen molar-refractivity contribution in [3.8, 4) is 5.75 Å². The predicted octanol–water partition coefficient (Wildman–Crippen LogP) is 6.23. The smallest absolute Gasteiger partial charge is 0.220 e. The Morgan fingerprint density at radius 2 is 1.78 bits per heavy atom. The number of benzene rings is 3. The molecule has 0 aliphatic rings. The molecule has 0 spiro atoms. The van der Waals surface area contributed by atoms with E-state index >= 15 is 0 Å². The zero-order valence-electron chi connectivity index (χ0n) is 21.7. The van der Waals surface area contributed by atoms with E-state index in [0.29, 0.717) is 25.5 Å². The van der Waals surface area contributed by atoms with Gasteiger partial charge in [0, 0.05) is 19.4 Å². The minimum absolute atomic E-state index is 0.0971. The van der Waals surface area contributed by atoms with Crippen molar-refractivity contribution in [2.24, 2.45) is 0 Å². The Labute approximate surface area is 214 Å². The van der Waals surface area contributed by atoms with Crippen molar-refractivity contribution in [2.45, 2.75) is 58.9 Å². The summed E-state index contributed by atoms with van der Waals surface area (Å²) >= 11 is 0. The Morgan fingerprint density at radius 1 is 1.00 bits per heavy atom. The van der Waals surface area contributed by atoms with E-state index in [0.717, 1.165) is 48.4 Å². The monoisotopic (exact) mass is 483 g/mol. The van der Waals surface area contributed by atoms with Crippen molar-refractivity contribution in [1.82, 2.24) is 14.9 Å². The molecule has 3 aromatic carbocycles. The van der Waals surface area contributed by atoms with E-state index in [1.54, 1.807) is 0 Å². The summed E-state index contributed by atoms with van der Waals surface area (Å²) in [7, 11) is 0. The van der Waals surface area contributed by atoms with Crippen LogP contribution in [0.3, 0.4) is 0 Å². The normalized spacial score (nSPS) is 11.2. The number of aryl methyl sites for hydroxylation is 3. The van der Waals surface area contributed by atoms with Crippen LogP contribution in [0.25, 0.3) is 11.0 Å². The minimum atomic E-state index is 0.0971. The highest BCUT2D eigenvalue weighted by atomic mass is 16.5. The number of imidazole rings is 1. The third-order valence-corrected chi connectivity index (χ3v) is 6.48. The number of ether oxygens (including phenoxy) is 1. The van der Waals surface area contributed by atoms with Gasteiger partial charge in [-0.2, -0.15) is 0 Å². The van der Waals surface area contributed by atoms with Gasteiger partial charge in [-0.1, -0.05) is 68.4 Å². The van der Waals surface area contributed by atoms with Gasteiger partial charge in [0.1, 0.15) is 18.2 Å². The zero-order chi connectivity index (χ0) is 25.3. The van der Waals surface area contributed by atoms with Crippen LogP contribution in [0.1, 0.15) is 55.1 Å². The van der Waals surface area contributed by atoms with Crippen LogP contribution >= 0.6 is 0 Å². The van der Waals surface area contributed by atoms with E-state index in [4.69, 9.17) is 9.72 Å². The lowest BCUT2D eigenvalue weighted by Gasteiger charge is -2.16. The average molecular weight is 484 g/mol. The molecule has 5 heteroatoms. The molecule has 188 valence electrons. The first-order valence-corrected chi connectivity index (χ1v) is 13.0. The molecule has 1 heterocycles. The minimum Gasteiger partial charge on any atom is -0.491 e. The zero-order valence-corrected chi connectivity index (χ0v) is 21.7. The van der Waals surface area contributed by atoms with Crippen LogP contribution in [0, 0.1) is 6.92 Å². The molecular formula is C31H37N3O2. The second-order valence-electron chi connectivity index (χ2n) is 9.65. The van der Waals surface area contributed by atoms with Crippen molar-refractivity contribution in [1.29, 1.82) is 0 Å². The van der Waals surface area contributed by atoms with Gasteiger partial charge < -0.3 is 14.6 Å². The molecule has 0 aliphatic carbocycles. The fourth-order valence-electron chi connectivity index (χ4n) is 4.52. The summed E-state index contributed by atoms with van der Waals surface area (Å²) in [6.07, 6.45) is 2.92. The van der Waals surface area contributed by atoms with Gasteiger partial charge in [-0.05, 0) is 60.6 Å². The molecule has 4 rings (SSSR count). The molecule has 1 N–H and O–H groups in total. The maximum absolute atomic E-state index is 12.3. The lowest BCUT2D eigenvalue weighted by Crippen LogP contribution is -2.25. The molecule has 5 nitrogen and oxygen atoms in total. The summed E-state index contributed by atoms with van der Waals surface area (Å²) in [6, 6.07) is 24.8. The third-order valence-electron chi connectivity index (χ3n) is 6.48. The first-order chi connectivity index (χ1) is 17.5. The van der Waals surface area contributed by atoms with Crippen molar-refractivity contribution in [3.63, 3.8) is 0 Å². The van der Waals surface area contributed by atoms with Gasteiger partial charge in [-0.3, -0.25) is 4.79 Å². The molecule has 0 atom stereocenters. The Bertz CT molecular complexity index is 1280. The van der Waals surface area contributed by atoms with Crippen molar-refractivity contribution in [2.75, 3.05) is 13.2 Å². The molecule has 0 fully saturated rings. The van der Waals surface area contributed by atoms with Crippen LogP contribution in [-0.4, -0.2) is 28.6 Å². The van der Waals surface area contributed by atoms with Crippen LogP contribution in [0.2, 0.25) is 0 Å². The van der Waals surface area contributed by atoms with Crippen molar-refractivity contribution in [3.05, 3.63) is 95.3 Å². The fourth-order valence-corrected chi connectivity index (χ4v) is 4.52. The number of amides is 1. The lowest BCUT2D eigenvalue weighted by molar-refractivity contribution is -0.121. The summed E-state index contributed by atoms with van der Waals surface area (Å²) in [5.74, 6) is 2.51. The van der Waals surface area contributed by atoms with Gasteiger partial charge in [0.25, 0.3) is 0 Å². The van der Waals surface area contributed by atoms with Crippen molar-refractivity contribution >= 4 is 16.9 Å². The van der Waals surface area contributed by atoms with E-state index in [2.05, 4.69) is 79.2 Å². The van der Waals surface area contributed by atoms with E-state index in [1.807, 2.05) is 24.3 Å². The summed E-state index contributed by atoms with van der Waals surface area (Å²) in [6.45, 7) is 8.43. The molecule has 1 amide bonds. The summed E-state index contributed by atoms with van der Waals surface area (Å²) in [4.78, 5) is 17.1. The number of rotatable bonds is 12. The molecule has 1 aromatic heterocycles. The number of nitrogens with one attached hydrogen (secondary N) is 1. The largest absolute Gasteiger partial charge is 0.491 e. The SMILES string of the molecule is Cc1ccc(C(C)C)c(OCCn2c(CCCNC(=O)CCc3ccccc3)nc3ccccc32)c1. The van der Waals surface area contributed by atoms with Gasteiger partial charge >= 0.3 is 0 Å². The molecule has 0 aliphatic heterocycles. The maximum Gasteiger partial charge on any atom is 0.220 e. The molecule has 0 saturated carbocycles. The van der Waals surface area contributed by atoms with Gasteiger partial charge in [0.05, 0.1) is 17.6 Å². The molecule has 4 aromatic rings. The average Bonchev–Trinajstić information content (AvgIpc) is 3.23. The standard InChI is InChI=1S/C31H37N3O2/c1-23(2)26-17-15-24(3)22-29(26)36-21-20-34-28-13-8-7-12-27(28)33-30(34)14-9-19-32-31(35)18-16-25-10-5-4-6-11-25/h4-8,10-13,15,17,22-23H,9,14,16,18-21H2,1-3H3,(H,32,35). The van der Waals surface area contributed by atoms with Crippen LogP contribution < -0.4 is 10.1 Å². The van der Waals surface area contributed by atoms with Crippen LogP contribution in [0.15, 0.2) is 72.8 Å². The Kier molecular flexibility index (Phi) is 8.77. The van der Waals surface area contributed by atoms with Crippen molar-refractivity contribution < 1.29 is 9.53 Å². The summed E-state index contributed by atoms with van der Waals surface area (Å²) < 4.78 is 8.53. The van der Waals surface area contributed by atoms with E-state index in [9.17, 15) is 4.79 Å². The molecule has 0 saturated heterocycles. The topological polar surface area (TPSA) is 56.1 Å². The summed E-state index contributed by atoms with van der Waals surface area (Å²) in [5, 5.41) is 3.06. The molecule has 0 radical (unpaired) electrons. The highest BCUT2D eigenvalue weighted by Gasteiger charge is 2.12.